The summed E-state index contributed by atoms with van der Waals surface area (Å²) in [5.41, 5.74) is 2.61. The molecule has 1 aliphatic heterocycles. The number of likely N-dealkylation sites (N-methyl/N-ethyl adjacent to an activating group) is 1. The summed E-state index contributed by atoms with van der Waals surface area (Å²) in [7, 11) is 2.01. The summed E-state index contributed by atoms with van der Waals surface area (Å²) in [5.74, 6) is -0.112. The van der Waals surface area contributed by atoms with Crippen LogP contribution in [0.2, 0.25) is 0 Å². The maximum absolute atomic E-state index is 12.7. The van der Waals surface area contributed by atoms with Crippen molar-refractivity contribution in [1.29, 1.82) is 0 Å². The minimum atomic E-state index is -0.322. The number of hydrogen-bond donors (Lipinski definition) is 0. The minimum Gasteiger partial charge on any atom is -0.450 e. The van der Waals surface area contributed by atoms with Gasteiger partial charge in [-0.3, -0.25) is 9.78 Å². The predicted octanol–water partition coefficient (Wildman–Crippen LogP) is 2.07. The van der Waals surface area contributed by atoms with Crippen LogP contribution in [0.3, 0.4) is 0 Å². The first kappa shape index (κ1) is 20.6. The largest absolute Gasteiger partial charge is 0.450 e. The van der Waals surface area contributed by atoms with E-state index in [1.807, 2.05) is 25.2 Å². The highest BCUT2D eigenvalue weighted by Gasteiger charge is 2.26. The molecule has 1 fully saturated rings. The fraction of sp³-hybridized carbons (Fsp3) is 0.429. The lowest BCUT2D eigenvalue weighted by atomic mass is 10.2. The third-order valence-corrected chi connectivity index (χ3v) is 4.99. The molecule has 0 saturated carbocycles. The Morgan fingerprint density at radius 3 is 2.38 bits per heavy atom. The van der Waals surface area contributed by atoms with Gasteiger partial charge in [0.25, 0.3) is 5.91 Å². The van der Waals surface area contributed by atoms with Crippen LogP contribution in [-0.2, 0) is 11.2 Å². The average Bonchev–Trinajstić information content (AvgIpc) is 2.78. The van der Waals surface area contributed by atoms with Crippen LogP contribution in [0.25, 0.3) is 0 Å². The fourth-order valence-electron chi connectivity index (χ4n) is 3.18. The summed E-state index contributed by atoms with van der Waals surface area (Å²) >= 11 is 0. The molecule has 0 spiro atoms. The van der Waals surface area contributed by atoms with Gasteiger partial charge in [0.15, 0.2) is 0 Å². The van der Waals surface area contributed by atoms with Crippen molar-refractivity contribution < 1.29 is 14.3 Å². The van der Waals surface area contributed by atoms with E-state index in [2.05, 4.69) is 14.9 Å². The van der Waals surface area contributed by atoms with Gasteiger partial charge in [0.05, 0.1) is 18.5 Å². The van der Waals surface area contributed by atoms with Crippen molar-refractivity contribution in [3.8, 4) is 0 Å². The Hall–Kier alpha value is -3.16. The zero-order valence-electron chi connectivity index (χ0n) is 17.0. The van der Waals surface area contributed by atoms with Gasteiger partial charge < -0.3 is 19.4 Å². The van der Waals surface area contributed by atoms with Gasteiger partial charge in [-0.05, 0) is 43.2 Å². The van der Waals surface area contributed by atoms with E-state index >= 15 is 0 Å². The standard InChI is InChI=1S/C21H27N5O3/c1-3-29-21(28)26-14-12-25(13-15-26)20(27)19-5-4-18(16-23-19)24(2)11-8-17-6-9-22-10-7-17/h4-7,9-10,16H,3,8,11-15H2,1-2H3. The topological polar surface area (TPSA) is 78.9 Å². The Labute approximate surface area is 171 Å². The van der Waals surface area contributed by atoms with Crippen LogP contribution in [0, 0.1) is 0 Å². The lowest BCUT2D eigenvalue weighted by Gasteiger charge is -2.33. The third kappa shape index (κ3) is 5.43. The molecule has 0 aromatic carbocycles. The summed E-state index contributed by atoms with van der Waals surface area (Å²) in [6.45, 7) is 4.88. The number of rotatable bonds is 6. The van der Waals surface area contributed by atoms with Crippen molar-refractivity contribution >= 4 is 17.7 Å². The van der Waals surface area contributed by atoms with Crippen molar-refractivity contribution in [3.05, 3.63) is 54.1 Å². The first-order chi connectivity index (χ1) is 14.1. The summed E-state index contributed by atoms with van der Waals surface area (Å²) in [6.07, 6.45) is 5.91. The molecule has 29 heavy (non-hydrogen) atoms. The molecule has 8 nitrogen and oxygen atoms in total. The third-order valence-electron chi connectivity index (χ3n) is 4.99. The number of ether oxygens (including phenoxy) is 1. The molecule has 0 radical (unpaired) electrons. The average molecular weight is 397 g/mol. The van der Waals surface area contributed by atoms with Gasteiger partial charge in [-0.1, -0.05) is 0 Å². The number of hydrogen-bond acceptors (Lipinski definition) is 6. The summed E-state index contributed by atoms with van der Waals surface area (Å²) in [5, 5.41) is 0. The molecule has 3 rings (SSSR count). The first-order valence-corrected chi connectivity index (χ1v) is 9.85. The van der Waals surface area contributed by atoms with Crippen molar-refractivity contribution in [2.75, 3.05) is 51.3 Å². The molecular formula is C21H27N5O3. The van der Waals surface area contributed by atoms with Gasteiger partial charge in [0, 0.05) is 52.2 Å². The first-order valence-electron chi connectivity index (χ1n) is 9.85. The monoisotopic (exact) mass is 397 g/mol. The number of piperazine rings is 1. The molecular weight excluding hydrogens is 370 g/mol. The second-order valence-electron chi connectivity index (χ2n) is 6.91. The molecule has 0 bridgehead atoms. The number of pyridine rings is 2. The highest BCUT2D eigenvalue weighted by atomic mass is 16.6. The molecule has 0 unspecified atom stereocenters. The van der Waals surface area contributed by atoms with E-state index < -0.39 is 0 Å². The lowest BCUT2D eigenvalue weighted by Crippen LogP contribution is -2.50. The molecule has 1 aliphatic rings. The molecule has 0 N–H and O–H groups in total. The summed E-state index contributed by atoms with van der Waals surface area (Å²) < 4.78 is 5.01. The van der Waals surface area contributed by atoms with Crippen LogP contribution >= 0.6 is 0 Å². The van der Waals surface area contributed by atoms with E-state index in [9.17, 15) is 9.59 Å². The normalized spacial score (nSPS) is 13.9. The van der Waals surface area contributed by atoms with Crippen LogP contribution in [0.1, 0.15) is 23.0 Å². The van der Waals surface area contributed by atoms with Gasteiger partial charge in [-0.15, -0.1) is 0 Å². The molecule has 3 heterocycles. The van der Waals surface area contributed by atoms with E-state index in [1.165, 1.54) is 5.56 Å². The Kier molecular flexibility index (Phi) is 6.99. The van der Waals surface area contributed by atoms with E-state index in [0.717, 1.165) is 18.7 Å². The summed E-state index contributed by atoms with van der Waals surface area (Å²) in [6, 6.07) is 7.70. The highest BCUT2D eigenvalue weighted by molar-refractivity contribution is 5.92. The van der Waals surface area contributed by atoms with Crippen molar-refractivity contribution in [2.45, 2.75) is 13.3 Å². The number of anilines is 1. The molecule has 2 amide bonds. The van der Waals surface area contributed by atoms with Crippen molar-refractivity contribution in [3.63, 3.8) is 0 Å². The molecule has 154 valence electrons. The van der Waals surface area contributed by atoms with E-state index in [1.54, 1.807) is 41.4 Å². The fourth-order valence-corrected chi connectivity index (χ4v) is 3.18. The summed E-state index contributed by atoms with van der Waals surface area (Å²) in [4.78, 5) is 38.3. The van der Waals surface area contributed by atoms with Crippen LogP contribution in [0.5, 0.6) is 0 Å². The van der Waals surface area contributed by atoms with Crippen molar-refractivity contribution in [2.24, 2.45) is 0 Å². The molecule has 1 saturated heterocycles. The van der Waals surface area contributed by atoms with Crippen LogP contribution in [-0.4, -0.2) is 78.1 Å². The lowest BCUT2D eigenvalue weighted by molar-refractivity contribution is 0.0566. The maximum Gasteiger partial charge on any atom is 0.409 e. The second kappa shape index (κ2) is 9.86. The maximum atomic E-state index is 12.7. The number of amides is 2. The second-order valence-corrected chi connectivity index (χ2v) is 6.91. The predicted molar refractivity (Wildman–Crippen MR) is 110 cm³/mol. The zero-order valence-corrected chi connectivity index (χ0v) is 17.0. The Morgan fingerprint density at radius 2 is 1.76 bits per heavy atom. The Bertz CT molecular complexity index is 805. The van der Waals surface area contributed by atoms with Gasteiger partial charge in [0.1, 0.15) is 5.69 Å². The Balaban J connectivity index is 1.51. The van der Waals surface area contributed by atoms with Gasteiger partial charge in [-0.2, -0.15) is 0 Å². The van der Waals surface area contributed by atoms with Gasteiger partial charge in [0.2, 0.25) is 0 Å². The zero-order chi connectivity index (χ0) is 20.6. The minimum absolute atomic E-state index is 0.112. The number of aromatic nitrogens is 2. The van der Waals surface area contributed by atoms with E-state index in [0.29, 0.717) is 38.5 Å². The molecule has 0 aliphatic carbocycles. The molecule has 0 atom stereocenters. The van der Waals surface area contributed by atoms with E-state index in [4.69, 9.17) is 4.74 Å². The smallest absolute Gasteiger partial charge is 0.409 e. The van der Waals surface area contributed by atoms with Crippen LogP contribution in [0.15, 0.2) is 42.9 Å². The Morgan fingerprint density at radius 1 is 1.07 bits per heavy atom. The van der Waals surface area contributed by atoms with Gasteiger partial charge in [-0.25, -0.2) is 9.78 Å². The molecule has 2 aromatic rings. The van der Waals surface area contributed by atoms with E-state index in [-0.39, 0.29) is 12.0 Å². The molecule has 8 heteroatoms. The quantitative estimate of drug-likeness (QED) is 0.743. The highest BCUT2D eigenvalue weighted by Crippen LogP contribution is 2.14. The van der Waals surface area contributed by atoms with Crippen molar-refractivity contribution in [1.82, 2.24) is 19.8 Å². The van der Waals surface area contributed by atoms with Crippen LogP contribution < -0.4 is 4.90 Å². The number of carbonyl (C=O) groups excluding carboxylic acids is 2. The molecule has 2 aromatic heterocycles. The number of nitrogens with zero attached hydrogens (tertiary/aromatic N) is 5. The SMILES string of the molecule is CCOC(=O)N1CCN(C(=O)c2ccc(N(C)CCc3ccncc3)cn2)CC1. The number of carbonyl (C=O) groups is 2. The van der Waals surface area contributed by atoms with Gasteiger partial charge >= 0.3 is 6.09 Å². The van der Waals surface area contributed by atoms with Crippen LogP contribution in [0.4, 0.5) is 10.5 Å².